The molecule has 27 heavy (non-hydrogen) atoms. The second kappa shape index (κ2) is 7.70. The predicted octanol–water partition coefficient (Wildman–Crippen LogP) is 4.19. The van der Waals surface area contributed by atoms with Crippen LogP contribution in [-0.2, 0) is 11.2 Å². The number of aryl methyl sites for hydroxylation is 1. The number of halogens is 2. The third kappa shape index (κ3) is 4.05. The number of hydrogen-bond donors (Lipinski definition) is 1. The van der Waals surface area contributed by atoms with Crippen LogP contribution in [0, 0.1) is 25.5 Å². The van der Waals surface area contributed by atoms with Gasteiger partial charge in [-0.3, -0.25) is 4.79 Å². The van der Waals surface area contributed by atoms with Gasteiger partial charge in [-0.2, -0.15) is 5.10 Å². The number of nitrogens with zero attached hydrogens (tertiary/aromatic N) is 2. The van der Waals surface area contributed by atoms with Gasteiger partial charge in [0.2, 0.25) is 5.91 Å². The molecule has 1 atom stereocenters. The zero-order valence-electron chi connectivity index (χ0n) is 15.5. The van der Waals surface area contributed by atoms with Gasteiger partial charge in [-0.05, 0) is 39.0 Å². The van der Waals surface area contributed by atoms with E-state index in [1.165, 1.54) is 12.1 Å². The smallest absolute Gasteiger partial charge is 0.225 e. The summed E-state index contributed by atoms with van der Waals surface area (Å²) in [5, 5.41) is 7.30. The topological polar surface area (TPSA) is 46.9 Å². The van der Waals surface area contributed by atoms with Crippen molar-refractivity contribution in [2.45, 2.75) is 33.2 Å². The first kappa shape index (κ1) is 18.8. The van der Waals surface area contributed by atoms with Crippen molar-refractivity contribution in [2.75, 3.05) is 0 Å². The van der Waals surface area contributed by atoms with Gasteiger partial charge in [0.15, 0.2) is 0 Å². The Balaban J connectivity index is 1.75. The zero-order valence-corrected chi connectivity index (χ0v) is 15.5. The van der Waals surface area contributed by atoms with Crippen LogP contribution in [0.3, 0.4) is 0 Å². The van der Waals surface area contributed by atoms with Crippen LogP contribution in [0.15, 0.2) is 48.5 Å². The largest absolute Gasteiger partial charge is 0.349 e. The Kier molecular flexibility index (Phi) is 5.35. The lowest BCUT2D eigenvalue weighted by molar-refractivity contribution is -0.121. The van der Waals surface area contributed by atoms with Crippen LogP contribution in [0.5, 0.6) is 0 Å². The molecule has 0 bridgehead atoms. The molecule has 2 aromatic carbocycles. The molecule has 0 fully saturated rings. The van der Waals surface area contributed by atoms with Gasteiger partial charge in [-0.15, -0.1) is 0 Å². The molecule has 0 spiro atoms. The van der Waals surface area contributed by atoms with Crippen LogP contribution in [0.25, 0.3) is 5.69 Å². The van der Waals surface area contributed by atoms with Crippen molar-refractivity contribution in [3.8, 4) is 5.69 Å². The van der Waals surface area contributed by atoms with Crippen molar-refractivity contribution in [1.82, 2.24) is 15.1 Å². The van der Waals surface area contributed by atoms with Gasteiger partial charge in [0.25, 0.3) is 0 Å². The molecular formula is C21H21F2N3O. The van der Waals surface area contributed by atoms with Gasteiger partial charge in [0.05, 0.1) is 23.8 Å². The third-order valence-corrected chi connectivity index (χ3v) is 4.59. The highest BCUT2D eigenvalue weighted by molar-refractivity contribution is 5.79. The van der Waals surface area contributed by atoms with Crippen molar-refractivity contribution >= 4 is 5.91 Å². The standard InChI is InChI=1S/C21H21F2N3O/c1-13(18-10-9-16(22)11-20(18)23)24-21(27)12-19-14(2)25-26(15(19)3)17-7-5-4-6-8-17/h4-11,13H,12H2,1-3H3,(H,24,27)/t13-/m1/s1. The number of benzene rings is 2. The molecular weight excluding hydrogens is 348 g/mol. The second-order valence-electron chi connectivity index (χ2n) is 6.53. The van der Waals surface area contributed by atoms with E-state index >= 15 is 0 Å². The number of carbonyl (C=O) groups excluding carboxylic acids is 1. The maximum absolute atomic E-state index is 13.9. The molecule has 1 heterocycles. The average Bonchev–Trinajstić information content (AvgIpc) is 2.90. The summed E-state index contributed by atoms with van der Waals surface area (Å²) in [4.78, 5) is 12.5. The lowest BCUT2D eigenvalue weighted by atomic mass is 10.1. The lowest BCUT2D eigenvalue weighted by Crippen LogP contribution is -2.29. The summed E-state index contributed by atoms with van der Waals surface area (Å²) in [5.41, 5.74) is 3.66. The molecule has 0 aliphatic rings. The van der Waals surface area contributed by atoms with Crippen LogP contribution in [0.1, 0.15) is 35.5 Å². The summed E-state index contributed by atoms with van der Waals surface area (Å²) in [6.07, 6.45) is 0.137. The van der Waals surface area contributed by atoms with Crippen molar-refractivity contribution in [3.05, 3.63) is 82.7 Å². The van der Waals surface area contributed by atoms with Gasteiger partial charge in [-0.1, -0.05) is 24.3 Å². The summed E-state index contributed by atoms with van der Waals surface area (Å²) in [6, 6.07) is 12.5. The quantitative estimate of drug-likeness (QED) is 0.733. The minimum atomic E-state index is -0.674. The SMILES string of the molecule is Cc1nn(-c2ccccc2)c(C)c1CC(=O)N[C@H](C)c1ccc(F)cc1F. The Morgan fingerprint density at radius 3 is 2.52 bits per heavy atom. The molecule has 3 aromatic rings. The third-order valence-electron chi connectivity index (χ3n) is 4.59. The minimum Gasteiger partial charge on any atom is -0.349 e. The maximum Gasteiger partial charge on any atom is 0.225 e. The summed E-state index contributed by atoms with van der Waals surface area (Å²) in [7, 11) is 0. The van der Waals surface area contributed by atoms with Gasteiger partial charge in [0, 0.05) is 22.9 Å². The number of amides is 1. The summed E-state index contributed by atoms with van der Waals surface area (Å²) < 4.78 is 28.8. The van der Waals surface area contributed by atoms with Crippen molar-refractivity contribution in [2.24, 2.45) is 0 Å². The fraction of sp³-hybridized carbons (Fsp3) is 0.238. The van der Waals surface area contributed by atoms with Gasteiger partial charge >= 0.3 is 0 Å². The van der Waals surface area contributed by atoms with Gasteiger partial charge < -0.3 is 5.32 Å². The lowest BCUT2D eigenvalue weighted by Gasteiger charge is -2.15. The second-order valence-corrected chi connectivity index (χ2v) is 6.53. The van der Waals surface area contributed by atoms with E-state index in [0.29, 0.717) is 0 Å². The summed E-state index contributed by atoms with van der Waals surface area (Å²) in [5.74, 6) is -1.56. The number of para-hydroxylation sites is 1. The fourth-order valence-corrected chi connectivity index (χ4v) is 3.13. The summed E-state index contributed by atoms with van der Waals surface area (Å²) in [6.45, 7) is 5.44. The predicted molar refractivity (Wildman–Crippen MR) is 99.7 cm³/mol. The molecule has 4 nitrogen and oxygen atoms in total. The molecule has 0 saturated heterocycles. The molecule has 6 heteroatoms. The Morgan fingerprint density at radius 2 is 1.85 bits per heavy atom. The van der Waals surface area contributed by atoms with Crippen molar-refractivity contribution in [1.29, 1.82) is 0 Å². The number of rotatable bonds is 5. The fourth-order valence-electron chi connectivity index (χ4n) is 3.13. The zero-order chi connectivity index (χ0) is 19.6. The Bertz CT molecular complexity index is 967. The number of nitrogens with one attached hydrogen (secondary N) is 1. The highest BCUT2D eigenvalue weighted by atomic mass is 19.1. The van der Waals surface area contributed by atoms with Gasteiger partial charge in [0.1, 0.15) is 11.6 Å². The molecule has 0 aliphatic carbocycles. The summed E-state index contributed by atoms with van der Waals surface area (Å²) >= 11 is 0. The average molecular weight is 369 g/mol. The van der Waals surface area contributed by atoms with Crippen LogP contribution in [-0.4, -0.2) is 15.7 Å². The molecule has 0 saturated carbocycles. The highest BCUT2D eigenvalue weighted by Crippen LogP contribution is 2.20. The molecule has 140 valence electrons. The van der Waals surface area contributed by atoms with E-state index in [4.69, 9.17) is 0 Å². The monoisotopic (exact) mass is 369 g/mol. The van der Waals surface area contributed by atoms with E-state index in [2.05, 4.69) is 10.4 Å². The molecule has 1 amide bonds. The van der Waals surface area contributed by atoms with E-state index in [1.807, 2.05) is 44.2 Å². The normalized spacial score (nSPS) is 12.0. The van der Waals surface area contributed by atoms with E-state index in [0.717, 1.165) is 28.7 Å². The van der Waals surface area contributed by atoms with Crippen LogP contribution < -0.4 is 5.32 Å². The molecule has 0 radical (unpaired) electrons. The molecule has 1 N–H and O–H groups in total. The molecule has 1 aromatic heterocycles. The van der Waals surface area contributed by atoms with E-state index in [9.17, 15) is 13.6 Å². The van der Waals surface area contributed by atoms with Crippen molar-refractivity contribution < 1.29 is 13.6 Å². The first-order valence-electron chi connectivity index (χ1n) is 8.71. The van der Waals surface area contributed by atoms with E-state index < -0.39 is 17.7 Å². The number of aromatic nitrogens is 2. The van der Waals surface area contributed by atoms with Crippen LogP contribution >= 0.6 is 0 Å². The Labute approximate surface area is 156 Å². The molecule has 3 rings (SSSR count). The first-order chi connectivity index (χ1) is 12.9. The van der Waals surface area contributed by atoms with Gasteiger partial charge in [-0.25, -0.2) is 13.5 Å². The first-order valence-corrected chi connectivity index (χ1v) is 8.71. The number of carbonyl (C=O) groups is 1. The maximum atomic E-state index is 13.9. The van der Waals surface area contributed by atoms with E-state index in [1.54, 1.807) is 11.6 Å². The Morgan fingerprint density at radius 1 is 1.15 bits per heavy atom. The number of hydrogen-bond acceptors (Lipinski definition) is 2. The highest BCUT2D eigenvalue weighted by Gasteiger charge is 2.19. The van der Waals surface area contributed by atoms with Crippen LogP contribution in [0.4, 0.5) is 8.78 Å². The minimum absolute atomic E-state index is 0.137. The molecule has 0 unspecified atom stereocenters. The van der Waals surface area contributed by atoms with Crippen molar-refractivity contribution in [3.63, 3.8) is 0 Å². The Hall–Kier alpha value is -3.02. The molecule has 0 aliphatic heterocycles. The van der Waals surface area contributed by atoms with Crippen LogP contribution in [0.2, 0.25) is 0 Å². The van der Waals surface area contributed by atoms with E-state index in [-0.39, 0.29) is 17.9 Å².